The van der Waals surface area contributed by atoms with Crippen LogP contribution >= 0.6 is 0 Å². The van der Waals surface area contributed by atoms with E-state index in [2.05, 4.69) is 0 Å². The van der Waals surface area contributed by atoms with Crippen LogP contribution in [0.4, 0.5) is 5.69 Å². The van der Waals surface area contributed by atoms with Crippen molar-refractivity contribution in [2.75, 3.05) is 31.7 Å². The number of ether oxygens (including phenoxy) is 2. The molecule has 3 rings (SSSR count). The van der Waals surface area contributed by atoms with Crippen molar-refractivity contribution in [3.8, 4) is 5.75 Å². The van der Waals surface area contributed by atoms with Crippen molar-refractivity contribution in [3.63, 3.8) is 0 Å². The van der Waals surface area contributed by atoms with Crippen LogP contribution in [0.15, 0.2) is 23.1 Å². The minimum absolute atomic E-state index is 0.0100. The van der Waals surface area contributed by atoms with Crippen LogP contribution in [0, 0.1) is 5.92 Å². The molecule has 2 aliphatic rings. The van der Waals surface area contributed by atoms with Crippen LogP contribution in [0.5, 0.6) is 5.75 Å². The van der Waals surface area contributed by atoms with Gasteiger partial charge in [-0.15, -0.1) is 0 Å². The molecular weight excluding hydrogens is 400 g/mol. The third-order valence-electron chi connectivity index (χ3n) is 5.08. The smallest absolute Gasteiger partial charge is 0.310 e. The number of benzene rings is 1. The molecule has 0 saturated carbocycles. The molecule has 1 unspecified atom stereocenters. The number of amides is 2. The Hall–Kier alpha value is -2.46. The summed E-state index contributed by atoms with van der Waals surface area (Å²) >= 11 is 0. The molecular formula is C19H24N2O7S. The molecule has 2 heterocycles. The van der Waals surface area contributed by atoms with Crippen LogP contribution in [-0.2, 0) is 29.1 Å². The number of rotatable bonds is 6. The van der Waals surface area contributed by atoms with Gasteiger partial charge in [-0.1, -0.05) is 0 Å². The molecule has 1 aromatic rings. The highest BCUT2D eigenvalue weighted by molar-refractivity contribution is 7.89. The Morgan fingerprint density at radius 1 is 1.21 bits per heavy atom. The molecule has 9 nitrogen and oxygen atoms in total. The third-order valence-corrected chi connectivity index (χ3v) is 6.97. The monoisotopic (exact) mass is 424 g/mol. The van der Waals surface area contributed by atoms with Crippen molar-refractivity contribution in [2.24, 2.45) is 5.92 Å². The topological polar surface area (TPSA) is 110 Å². The maximum absolute atomic E-state index is 13.3. The average Bonchev–Trinajstić information content (AvgIpc) is 3.06. The Bertz CT molecular complexity index is 912. The lowest BCUT2D eigenvalue weighted by Crippen LogP contribution is -2.42. The lowest BCUT2D eigenvalue weighted by molar-refractivity contribution is -0.149. The molecule has 1 atom stereocenters. The van der Waals surface area contributed by atoms with Gasteiger partial charge in [-0.3, -0.25) is 19.3 Å². The number of carbonyl (C=O) groups excluding carboxylic acids is 3. The van der Waals surface area contributed by atoms with Crippen LogP contribution < -0.4 is 9.64 Å². The largest absolute Gasteiger partial charge is 0.495 e. The summed E-state index contributed by atoms with van der Waals surface area (Å²) in [5.74, 6) is -1.59. The van der Waals surface area contributed by atoms with Crippen molar-refractivity contribution >= 4 is 33.5 Å². The molecule has 0 aromatic heterocycles. The van der Waals surface area contributed by atoms with E-state index < -0.39 is 21.9 Å². The zero-order valence-corrected chi connectivity index (χ0v) is 17.2. The Kier molecular flexibility index (Phi) is 6.23. The number of piperidine rings is 1. The number of sulfonamides is 1. The van der Waals surface area contributed by atoms with E-state index in [1.807, 2.05) is 0 Å². The summed E-state index contributed by atoms with van der Waals surface area (Å²) in [6, 6.07) is 4.19. The van der Waals surface area contributed by atoms with E-state index >= 15 is 0 Å². The zero-order chi connectivity index (χ0) is 21.2. The molecule has 2 saturated heterocycles. The summed E-state index contributed by atoms with van der Waals surface area (Å²) in [7, 11) is -2.68. The maximum atomic E-state index is 13.3. The minimum atomic E-state index is -4.02. The fourth-order valence-electron chi connectivity index (χ4n) is 3.62. The van der Waals surface area contributed by atoms with Gasteiger partial charge in [0.2, 0.25) is 21.8 Å². The molecule has 1 aromatic carbocycles. The number of esters is 1. The summed E-state index contributed by atoms with van der Waals surface area (Å²) in [6.45, 7) is 2.20. The first-order valence-corrected chi connectivity index (χ1v) is 10.9. The van der Waals surface area contributed by atoms with Crippen LogP contribution in [0.1, 0.15) is 32.6 Å². The molecule has 158 valence electrons. The van der Waals surface area contributed by atoms with E-state index in [1.165, 1.54) is 29.6 Å². The maximum Gasteiger partial charge on any atom is 0.310 e. The number of imide groups is 1. The Morgan fingerprint density at radius 2 is 1.90 bits per heavy atom. The van der Waals surface area contributed by atoms with Gasteiger partial charge >= 0.3 is 5.97 Å². The molecule has 29 heavy (non-hydrogen) atoms. The molecule has 0 spiro atoms. The normalized spacial score (nSPS) is 20.8. The van der Waals surface area contributed by atoms with Crippen LogP contribution in [0.2, 0.25) is 0 Å². The van der Waals surface area contributed by atoms with E-state index in [9.17, 15) is 22.8 Å². The van der Waals surface area contributed by atoms with Crippen LogP contribution in [-0.4, -0.2) is 57.3 Å². The van der Waals surface area contributed by atoms with Gasteiger partial charge in [0.15, 0.2) is 0 Å². The standard InChI is InChI=1S/C19H24N2O7S/c1-3-28-19(24)13-5-4-10-20(12-13)29(25,26)16-11-14(6-7-15(16)27-2)21-17(22)8-9-18(21)23/h6-7,11,13H,3-5,8-10,12H2,1-2H3. The summed E-state index contributed by atoms with van der Waals surface area (Å²) in [4.78, 5) is 37.0. The molecule has 0 bridgehead atoms. The highest BCUT2D eigenvalue weighted by atomic mass is 32.2. The van der Waals surface area contributed by atoms with E-state index in [0.29, 0.717) is 12.8 Å². The fraction of sp³-hybridized carbons (Fsp3) is 0.526. The zero-order valence-electron chi connectivity index (χ0n) is 16.4. The Morgan fingerprint density at radius 3 is 2.52 bits per heavy atom. The first-order chi connectivity index (χ1) is 13.8. The Balaban J connectivity index is 1.95. The number of methoxy groups -OCH3 is 1. The van der Waals surface area contributed by atoms with Gasteiger partial charge in [0.25, 0.3) is 0 Å². The first kappa shape index (κ1) is 21.3. The second-order valence-electron chi connectivity index (χ2n) is 6.91. The van der Waals surface area contributed by atoms with Gasteiger partial charge in [0.05, 0.1) is 25.3 Å². The van der Waals surface area contributed by atoms with Crippen LogP contribution in [0.3, 0.4) is 0 Å². The molecule has 0 aliphatic carbocycles. The van der Waals surface area contributed by atoms with Crippen molar-refractivity contribution in [1.82, 2.24) is 4.31 Å². The van der Waals surface area contributed by atoms with Gasteiger partial charge in [-0.05, 0) is 38.0 Å². The number of carbonyl (C=O) groups is 3. The minimum Gasteiger partial charge on any atom is -0.495 e. The van der Waals surface area contributed by atoms with Gasteiger partial charge in [0.1, 0.15) is 10.6 Å². The number of hydrogen-bond donors (Lipinski definition) is 0. The SMILES string of the molecule is CCOC(=O)C1CCCN(S(=O)(=O)c2cc(N3C(=O)CCC3=O)ccc2OC)C1. The lowest BCUT2D eigenvalue weighted by Gasteiger charge is -2.31. The lowest BCUT2D eigenvalue weighted by atomic mass is 10.0. The summed E-state index contributed by atoms with van der Waals surface area (Å²) < 4.78 is 38.1. The highest BCUT2D eigenvalue weighted by Crippen LogP contribution is 2.34. The summed E-state index contributed by atoms with van der Waals surface area (Å²) in [6.07, 6.45) is 1.27. The molecule has 0 N–H and O–H groups in total. The van der Waals surface area contributed by atoms with Gasteiger partial charge in [0, 0.05) is 25.9 Å². The van der Waals surface area contributed by atoms with Crippen molar-refractivity contribution < 1.29 is 32.3 Å². The highest BCUT2D eigenvalue weighted by Gasteiger charge is 2.37. The average molecular weight is 424 g/mol. The molecule has 2 fully saturated rings. The van der Waals surface area contributed by atoms with E-state index in [-0.39, 0.29) is 60.7 Å². The van der Waals surface area contributed by atoms with Crippen molar-refractivity contribution in [2.45, 2.75) is 37.5 Å². The van der Waals surface area contributed by atoms with E-state index in [0.717, 1.165) is 4.90 Å². The Labute approximate surface area is 169 Å². The van der Waals surface area contributed by atoms with E-state index in [4.69, 9.17) is 9.47 Å². The second-order valence-corrected chi connectivity index (χ2v) is 8.82. The first-order valence-electron chi connectivity index (χ1n) is 9.50. The van der Waals surface area contributed by atoms with Gasteiger partial charge < -0.3 is 9.47 Å². The number of hydrogen-bond acceptors (Lipinski definition) is 7. The second kappa shape index (κ2) is 8.50. The van der Waals surface area contributed by atoms with E-state index in [1.54, 1.807) is 6.92 Å². The summed E-state index contributed by atoms with van der Waals surface area (Å²) in [5.41, 5.74) is 0.191. The quantitative estimate of drug-likeness (QED) is 0.500. The molecule has 10 heteroatoms. The van der Waals surface area contributed by atoms with Crippen molar-refractivity contribution in [1.29, 1.82) is 0 Å². The molecule has 0 radical (unpaired) electrons. The van der Waals surface area contributed by atoms with Gasteiger partial charge in [-0.2, -0.15) is 4.31 Å². The fourth-order valence-corrected chi connectivity index (χ4v) is 5.32. The van der Waals surface area contributed by atoms with Gasteiger partial charge in [-0.25, -0.2) is 8.42 Å². The molecule has 2 aliphatic heterocycles. The van der Waals surface area contributed by atoms with Crippen molar-refractivity contribution in [3.05, 3.63) is 18.2 Å². The predicted octanol–water partition coefficient (Wildman–Crippen LogP) is 1.31. The predicted molar refractivity (Wildman–Crippen MR) is 103 cm³/mol. The number of anilines is 1. The number of nitrogens with zero attached hydrogens (tertiary/aromatic N) is 2. The summed E-state index contributed by atoms with van der Waals surface area (Å²) in [5, 5.41) is 0. The third kappa shape index (κ3) is 4.13. The molecule has 2 amide bonds. The van der Waals surface area contributed by atoms with Crippen LogP contribution in [0.25, 0.3) is 0 Å².